The van der Waals surface area contributed by atoms with Gasteiger partial charge >= 0.3 is 0 Å². The minimum atomic E-state index is -0.301. The number of amides is 1. The van der Waals surface area contributed by atoms with Gasteiger partial charge in [-0.15, -0.1) is 10.2 Å². The van der Waals surface area contributed by atoms with Crippen LogP contribution in [-0.2, 0) is 16.1 Å². The minimum Gasteiger partial charge on any atom is -0.376 e. The predicted molar refractivity (Wildman–Crippen MR) is 124 cm³/mol. The SMILES string of the molecule is O=C(CSc1nnc(-c2ccc(F)cc2)n1CC1CCCO1)N1CCC(c2ccccc2)=N1. The van der Waals surface area contributed by atoms with E-state index in [9.17, 15) is 9.18 Å². The van der Waals surface area contributed by atoms with Gasteiger partial charge in [0, 0.05) is 18.6 Å². The highest BCUT2D eigenvalue weighted by Gasteiger charge is 2.25. The van der Waals surface area contributed by atoms with Crippen molar-refractivity contribution < 1.29 is 13.9 Å². The monoisotopic (exact) mass is 465 g/mol. The fraction of sp³-hybridized carbons (Fsp3) is 0.333. The van der Waals surface area contributed by atoms with Crippen LogP contribution in [0.4, 0.5) is 4.39 Å². The Morgan fingerprint density at radius 2 is 1.91 bits per heavy atom. The first-order valence-corrected chi connectivity index (χ1v) is 12.0. The molecular formula is C24H24FN5O2S. The van der Waals surface area contributed by atoms with Crippen LogP contribution in [0.5, 0.6) is 0 Å². The van der Waals surface area contributed by atoms with Crippen molar-refractivity contribution in [1.29, 1.82) is 0 Å². The van der Waals surface area contributed by atoms with E-state index in [-0.39, 0.29) is 23.6 Å². The van der Waals surface area contributed by atoms with Gasteiger partial charge in [0.05, 0.1) is 30.7 Å². The van der Waals surface area contributed by atoms with Crippen LogP contribution in [0.3, 0.4) is 0 Å². The molecule has 0 bridgehead atoms. The van der Waals surface area contributed by atoms with E-state index < -0.39 is 0 Å². The number of carbonyl (C=O) groups is 1. The zero-order chi connectivity index (χ0) is 22.6. The molecule has 1 aromatic heterocycles. The number of aromatic nitrogens is 3. The highest BCUT2D eigenvalue weighted by atomic mass is 32.2. The largest absolute Gasteiger partial charge is 0.376 e. The van der Waals surface area contributed by atoms with Crippen molar-refractivity contribution in [3.8, 4) is 11.4 Å². The molecule has 0 radical (unpaired) electrons. The Kier molecular flexibility index (Phi) is 6.50. The Labute approximate surface area is 195 Å². The van der Waals surface area contributed by atoms with Gasteiger partial charge in [0.15, 0.2) is 11.0 Å². The third-order valence-corrected chi connectivity index (χ3v) is 6.70. The first-order valence-electron chi connectivity index (χ1n) is 11.0. The average Bonchev–Trinajstić information content (AvgIpc) is 3.61. The predicted octanol–water partition coefficient (Wildman–Crippen LogP) is 3.99. The van der Waals surface area contributed by atoms with Gasteiger partial charge in [0.25, 0.3) is 5.91 Å². The molecule has 170 valence electrons. The van der Waals surface area contributed by atoms with E-state index in [1.54, 1.807) is 12.1 Å². The average molecular weight is 466 g/mol. The standard InChI is InChI=1S/C24H24FN5O2S/c25-19-10-8-18(9-11-19)23-26-27-24(29(23)15-20-7-4-14-32-20)33-16-22(31)30-13-12-21(28-30)17-5-2-1-3-6-17/h1-3,5-6,8-11,20H,4,7,12-16H2. The lowest BCUT2D eigenvalue weighted by Gasteiger charge is -2.15. The number of carbonyl (C=O) groups excluding carboxylic acids is 1. The number of rotatable bonds is 7. The summed E-state index contributed by atoms with van der Waals surface area (Å²) in [4.78, 5) is 12.8. The molecule has 0 aliphatic carbocycles. The molecule has 1 amide bonds. The summed E-state index contributed by atoms with van der Waals surface area (Å²) in [5.74, 6) is 0.482. The van der Waals surface area contributed by atoms with E-state index in [0.717, 1.165) is 42.7 Å². The second-order valence-electron chi connectivity index (χ2n) is 8.03. The quantitative estimate of drug-likeness (QED) is 0.494. The molecule has 3 heterocycles. The topological polar surface area (TPSA) is 72.6 Å². The summed E-state index contributed by atoms with van der Waals surface area (Å²) in [6.45, 7) is 1.92. The van der Waals surface area contributed by atoms with Gasteiger partial charge in [-0.1, -0.05) is 42.1 Å². The molecule has 0 saturated carbocycles. The number of nitrogens with zero attached hydrogens (tertiary/aromatic N) is 5. The number of benzene rings is 2. The first kappa shape index (κ1) is 21.8. The smallest absolute Gasteiger partial charge is 0.253 e. The Hall–Kier alpha value is -3.04. The van der Waals surface area contributed by atoms with Crippen molar-refractivity contribution in [2.75, 3.05) is 18.9 Å². The van der Waals surface area contributed by atoms with Crippen LogP contribution in [0.25, 0.3) is 11.4 Å². The van der Waals surface area contributed by atoms with Crippen LogP contribution in [0.1, 0.15) is 24.8 Å². The third kappa shape index (κ3) is 4.99. The normalized spacial score (nSPS) is 18.0. The van der Waals surface area contributed by atoms with Gasteiger partial charge < -0.3 is 4.74 Å². The molecule has 1 atom stereocenters. The first-order chi connectivity index (χ1) is 16.2. The van der Waals surface area contributed by atoms with E-state index in [2.05, 4.69) is 15.3 Å². The van der Waals surface area contributed by atoms with Crippen molar-refractivity contribution in [1.82, 2.24) is 19.8 Å². The number of ether oxygens (including phenoxy) is 1. The second-order valence-corrected chi connectivity index (χ2v) is 8.97. The van der Waals surface area contributed by atoms with Gasteiger partial charge in [0.2, 0.25) is 0 Å². The van der Waals surface area contributed by atoms with Crippen molar-refractivity contribution in [2.24, 2.45) is 5.10 Å². The zero-order valence-corrected chi connectivity index (χ0v) is 18.9. The van der Waals surface area contributed by atoms with Gasteiger partial charge in [-0.05, 0) is 42.7 Å². The van der Waals surface area contributed by atoms with Gasteiger partial charge in [-0.3, -0.25) is 9.36 Å². The highest BCUT2D eigenvalue weighted by molar-refractivity contribution is 7.99. The third-order valence-electron chi connectivity index (χ3n) is 5.75. The Morgan fingerprint density at radius 3 is 2.67 bits per heavy atom. The van der Waals surface area contributed by atoms with Crippen LogP contribution < -0.4 is 0 Å². The van der Waals surface area contributed by atoms with Crippen LogP contribution in [-0.4, -0.2) is 56.4 Å². The maximum absolute atomic E-state index is 13.4. The molecule has 1 saturated heterocycles. The van der Waals surface area contributed by atoms with Crippen molar-refractivity contribution in [2.45, 2.75) is 37.1 Å². The van der Waals surface area contributed by atoms with Crippen molar-refractivity contribution in [3.63, 3.8) is 0 Å². The molecule has 0 N–H and O–H groups in total. The molecule has 2 aliphatic rings. The van der Waals surface area contributed by atoms with Gasteiger partial charge in [-0.2, -0.15) is 5.10 Å². The lowest BCUT2D eigenvalue weighted by molar-refractivity contribution is -0.127. The second kappa shape index (κ2) is 9.84. The van der Waals surface area contributed by atoms with Crippen LogP contribution in [0, 0.1) is 5.82 Å². The lowest BCUT2D eigenvalue weighted by atomic mass is 10.1. The Bertz CT molecular complexity index is 1140. The van der Waals surface area contributed by atoms with E-state index >= 15 is 0 Å². The molecule has 33 heavy (non-hydrogen) atoms. The fourth-order valence-electron chi connectivity index (χ4n) is 4.04. The number of thioether (sulfide) groups is 1. The Morgan fingerprint density at radius 1 is 1.09 bits per heavy atom. The van der Waals surface area contributed by atoms with Crippen LogP contribution in [0.15, 0.2) is 64.9 Å². The molecule has 1 fully saturated rings. The molecule has 3 aromatic rings. The summed E-state index contributed by atoms with van der Waals surface area (Å²) in [5.41, 5.74) is 2.74. The van der Waals surface area contributed by atoms with Crippen LogP contribution in [0.2, 0.25) is 0 Å². The molecule has 2 aliphatic heterocycles. The lowest BCUT2D eigenvalue weighted by Crippen LogP contribution is -2.25. The number of hydrogen-bond donors (Lipinski definition) is 0. The van der Waals surface area contributed by atoms with Gasteiger partial charge in [-0.25, -0.2) is 9.40 Å². The maximum Gasteiger partial charge on any atom is 0.253 e. The Balaban J connectivity index is 1.31. The van der Waals surface area contributed by atoms with Crippen LogP contribution >= 0.6 is 11.8 Å². The molecule has 9 heteroatoms. The van der Waals surface area contributed by atoms with E-state index in [4.69, 9.17) is 4.74 Å². The molecule has 5 rings (SSSR count). The number of halogens is 1. The molecular weight excluding hydrogens is 441 g/mol. The summed E-state index contributed by atoms with van der Waals surface area (Å²) in [7, 11) is 0. The summed E-state index contributed by atoms with van der Waals surface area (Å²) in [5, 5.41) is 15.4. The maximum atomic E-state index is 13.4. The van der Waals surface area contributed by atoms with Crippen molar-refractivity contribution in [3.05, 3.63) is 66.0 Å². The summed E-state index contributed by atoms with van der Waals surface area (Å²) in [6, 6.07) is 16.1. The molecule has 0 spiro atoms. The molecule has 2 aromatic carbocycles. The molecule has 1 unspecified atom stereocenters. The highest BCUT2D eigenvalue weighted by Crippen LogP contribution is 2.27. The van der Waals surface area contributed by atoms with E-state index in [1.807, 2.05) is 34.9 Å². The molecule has 7 nitrogen and oxygen atoms in total. The van der Waals surface area contributed by atoms with Crippen molar-refractivity contribution >= 4 is 23.4 Å². The minimum absolute atomic E-state index is 0.0686. The number of hydrazone groups is 1. The summed E-state index contributed by atoms with van der Waals surface area (Å²) in [6.07, 6.45) is 2.81. The van der Waals surface area contributed by atoms with E-state index in [1.165, 1.54) is 28.9 Å². The fourth-order valence-corrected chi connectivity index (χ4v) is 4.85. The zero-order valence-electron chi connectivity index (χ0n) is 18.1. The summed E-state index contributed by atoms with van der Waals surface area (Å²) >= 11 is 1.34. The van der Waals surface area contributed by atoms with E-state index in [0.29, 0.717) is 24.1 Å². The van der Waals surface area contributed by atoms with Gasteiger partial charge in [0.1, 0.15) is 5.82 Å². The summed E-state index contributed by atoms with van der Waals surface area (Å²) < 4.78 is 21.2. The number of hydrogen-bond acceptors (Lipinski definition) is 6.